The van der Waals surface area contributed by atoms with E-state index in [1.165, 1.54) is 24.6 Å². The molecule has 0 amide bonds. The summed E-state index contributed by atoms with van der Waals surface area (Å²) in [6.45, 7) is 9.41. The van der Waals surface area contributed by atoms with Crippen molar-refractivity contribution < 1.29 is 87.8 Å². The maximum atomic E-state index is 15.4. The zero-order valence-electron chi connectivity index (χ0n) is 27.4. The van der Waals surface area contributed by atoms with Crippen LogP contribution in [0.15, 0.2) is 0 Å². The highest BCUT2D eigenvalue weighted by atomic mass is 31.2. The number of halogens is 20. The normalized spacial score (nSPS) is 12.0. The highest BCUT2D eigenvalue weighted by Crippen LogP contribution is 2.57. The van der Waals surface area contributed by atoms with Gasteiger partial charge in [0.25, 0.3) is 0 Å². The van der Waals surface area contributed by atoms with Crippen molar-refractivity contribution in [3.8, 4) is 0 Å². The molecule has 0 aromatic heterocycles. The Morgan fingerprint density at radius 1 is 0.241 bits per heavy atom. The van der Waals surface area contributed by atoms with Crippen molar-refractivity contribution in [2.75, 3.05) is 24.6 Å². The molecule has 0 atom stereocenters. The van der Waals surface area contributed by atoms with Crippen LogP contribution < -0.4 is 21.9 Å². The monoisotopic (exact) mass is 826 g/mol. The summed E-state index contributed by atoms with van der Waals surface area (Å²) < 4.78 is 294. The largest absolute Gasteiger partial charge is 0.207 e. The van der Waals surface area contributed by atoms with E-state index in [9.17, 15) is 52.7 Å². The van der Waals surface area contributed by atoms with Gasteiger partial charge in [-0.15, -0.1) is 21.9 Å². The van der Waals surface area contributed by atoms with Gasteiger partial charge in [-0.3, -0.25) is 0 Å². The predicted octanol–water partition coefficient (Wildman–Crippen LogP) is 8.93. The van der Waals surface area contributed by atoms with Crippen LogP contribution in [0, 0.1) is 116 Å². The molecular formula is C32H20BF20P. The Labute approximate surface area is 292 Å². The van der Waals surface area contributed by atoms with E-state index in [0.717, 1.165) is 0 Å². The van der Waals surface area contributed by atoms with Gasteiger partial charge in [0.05, 0.1) is 24.6 Å². The van der Waals surface area contributed by atoms with Crippen LogP contribution >= 0.6 is 7.26 Å². The third-order valence-corrected chi connectivity index (χ3v) is 14.8. The van der Waals surface area contributed by atoms with Crippen LogP contribution in [0.4, 0.5) is 87.8 Å². The molecule has 0 saturated carbocycles. The average Bonchev–Trinajstić information content (AvgIpc) is 3.16. The van der Waals surface area contributed by atoms with Crippen molar-refractivity contribution in [1.82, 2.24) is 0 Å². The molecule has 0 fully saturated rings. The molecule has 4 aromatic rings. The van der Waals surface area contributed by atoms with Gasteiger partial charge in [0.15, 0.2) is 69.8 Å². The SMILES string of the molecule is CC[P+](CC)(CC)CC.Fc1c(F)c(F)c([B-](c2c(F)c(F)c(F)c(F)c2F)(c2c(F)c(F)c(F)c(F)c2F)c2c(F)c(F)c(F)c(F)c2F)c(F)c1F. The summed E-state index contributed by atoms with van der Waals surface area (Å²) in [5.41, 5.74) is -14.3. The van der Waals surface area contributed by atoms with Crippen molar-refractivity contribution in [2.24, 2.45) is 0 Å². The van der Waals surface area contributed by atoms with Crippen LogP contribution in [0.25, 0.3) is 0 Å². The molecule has 0 saturated heterocycles. The molecular weight excluding hydrogens is 806 g/mol. The van der Waals surface area contributed by atoms with E-state index in [1.54, 1.807) is 0 Å². The average molecular weight is 826 g/mol. The molecule has 4 aromatic carbocycles. The Balaban J connectivity index is 0.000000772. The third-order valence-electron chi connectivity index (χ3n) is 9.39. The molecule has 0 bridgehead atoms. The topological polar surface area (TPSA) is 0 Å². The molecule has 0 heterocycles. The first kappa shape index (κ1) is 44.4. The van der Waals surface area contributed by atoms with Gasteiger partial charge in [0.1, 0.15) is 52.7 Å². The second-order valence-corrected chi connectivity index (χ2v) is 16.6. The molecule has 0 radical (unpaired) electrons. The summed E-state index contributed by atoms with van der Waals surface area (Å²) in [5.74, 6) is -71.4. The van der Waals surface area contributed by atoms with Crippen LogP contribution in [0.3, 0.4) is 0 Å². The minimum Gasteiger partial charge on any atom is -0.207 e. The standard InChI is InChI=1S/C24BF20.C8H20P/c26-5-1(6(27)14(35)21(42)13(5)34)25(2-7(28)15(36)22(43)16(37)8(2)29,3-9(30)17(38)23(44)18(39)10(3)31)4-11(32)19(40)24(45)20(41)12(4)33;1-5-9(6-2,7-3)8-4/h;5-8H2,1-4H3/q-1;+1. The summed E-state index contributed by atoms with van der Waals surface area (Å²) in [7, 11) is -0.420. The first-order chi connectivity index (χ1) is 24.9. The molecule has 0 aliphatic carbocycles. The van der Waals surface area contributed by atoms with Crippen molar-refractivity contribution >= 4 is 35.3 Å². The molecule has 4 rings (SSSR count). The Morgan fingerprint density at radius 3 is 0.444 bits per heavy atom. The molecule has 0 aliphatic heterocycles. The lowest BCUT2D eigenvalue weighted by Gasteiger charge is -2.44. The summed E-state index contributed by atoms with van der Waals surface area (Å²) >= 11 is 0. The number of rotatable bonds is 8. The van der Waals surface area contributed by atoms with Gasteiger partial charge in [0.2, 0.25) is 0 Å². The van der Waals surface area contributed by atoms with Gasteiger partial charge in [-0.05, 0) is 27.7 Å². The summed E-state index contributed by atoms with van der Waals surface area (Å²) in [6, 6.07) is 0. The third kappa shape index (κ3) is 6.46. The Hall–Kier alpha value is -4.03. The van der Waals surface area contributed by atoms with Crippen LogP contribution in [0.5, 0.6) is 0 Å². The summed E-state index contributed by atoms with van der Waals surface area (Å²) in [4.78, 5) is 0. The number of hydrogen-bond acceptors (Lipinski definition) is 0. The maximum absolute atomic E-state index is 15.4. The lowest BCUT2D eigenvalue weighted by atomic mass is 9.12. The fourth-order valence-corrected chi connectivity index (χ4v) is 8.90. The maximum Gasteiger partial charge on any atom is 0.200 e. The van der Waals surface area contributed by atoms with Gasteiger partial charge in [0, 0.05) is 7.26 Å². The zero-order chi connectivity index (χ0) is 41.7. The summed E-state index contributed by atoms with van der Waals surface area (Å²) in [5, 5.41) is 0. The fraction of sp³-hybridized carbons (Fsp3) is 0.250. The van der Waals surface area contributed by atoms with E-state index in [0.29, 0.717) is 0 Å². The van der Waals surface area contributed by atoms with Gasteiger partial charge >= 0.3 is 0 Å². The predicted molar refractivity (Wildman–Crippen MR) is 158 cm³/mol. The van der Waals surface area contributed by atoms with E-state index in [2.05, 4.69) is 27.7 Å². The van der Waals surface area contributed by atoms with Crippen molar-refractivity contribution in [3.05, 3.63) is 116 Å². The molecule has 296 valence electrons. The Bertz CT molecular complexity index is 1730. The van der Waals surface area contributed by atoms with E-state index < -0.39 is 152 Å². The van der Waals surface area contributed by atoms with Crippen LogP contribution in [-0.2, 0) is 0 Å². The zero-order valence-corrected chi connectivity index (χ0v) is 28.3. The first-order valence-corrected chi connectivity index (χ1v) is 17.6. The quantitative estimate of drug-likeness (QED) is 0.0548. The van der Waals surface area contributed by atoms with E-state index in [1.807, 2.05) is 0 Å². The molecule has 0 spiro atoms. The van der Waals surface area contributed by atoms with Crippen molar-refractivity contribution in [2.45, 2.75) is 27.7 Å². The highest BCUT2D eigenvalue weighted by Gasteiger charge is 2.52. The second-order valence-electron chi connectivity index (χ2n) is 11.4. The molecule has 22 heteroatoms. The van der Waals surface area contributed by atoms with Gasteiger partial charge in [-0.1, -0.05) is 0 Å². The van der Waals surface area contributed by atoms with E-state index in [-0.39, 0.29) is 0 Å². The van der Waals surface area contributed by atoms with Gasteiger partial charge < -0.3 is 0 Å². The fourth-order valence-electron chi connectivity index (χ4n) is 6.22. The summed E-state index contributed by atoms with van der Waals surface area (Å²) in [6.07, 6.45) is -1.40. The van der Waals surface area contributed by atoms with Gasteiger partial charge in [-0.25, -0.2) is 87.8 Å². The second kappa shape index (κ2) is 16.0. The minimum atomic E-state index is -7.22. The van der Waals surface area contributed by atoms with E-state index >= 15 is 35.1 Å². The van der Waals surface area contributed by atoms with Crippen molar-refractivity contribution in [1.29, 1.82) is 0 Å². The van der Waals surface area contributed by atoms with Gasteiger partial charge in [-0.2, -0.15) is 0 Å². The lowest BCUT2D eigenvalue weighted by molar-refractivity contribution is 0.378. The van der Waals surface area contributed by atoms with Crippen LogP contribution in [-0.4, -0.2) is 30.8 Å². The smallest absolute Gasteiger partial charge is 0.200 e. The molecule has 0 N–H and O–H groups in total. The molecule has 54 heavy (non-hydrogen) atoms. The number of benzene rings is 4. The van der Waals surface area contributed by atoms with Crippen molar-refractivity contribution in [3.63, 3.8) is 0 Å². The molecule has 0 nitrogen and oxygen atoms in total. The lowest BCUT2D eigenvalue weighted by Crippen LogP contribution is -2.81. The van der Waals surface area contributed by atoms with Crippen LogP contribution in [0.2, 0.25) is 0 Å². The molecule has 0 unspecified atom stereocenters. The van der Waals surface area contributed by atoms with E-state index in [4.69, 9.17) is 0 Å². The Morgan fingerprint density at radius 2 is 0.352 bits per heavy atom. The first-order valence-electron chi connectivity index (χ1n) is 15.0. The Kier molecular flexibility index (Phi) is 13.1. The molecule has 0 aliphatic rings. The minimum absolute atomic E-state index is 0.420. The number of hydrogen-bond donors (Lipinski definition) is 0. The highest BCUT2D eigenvalue weighted by molar-refractivity contribution is 7.75. The van der Waals surface area contributed by atoms with Crippen LogP contribution in [0.1, 0.15) is 27.7 Å².